The molecule has 6 heteroatoms. The van der Waals surface area contributed by atoms with Gasteiger partial charge >= 0.3 is 5.97 Å². The number of carboxylic acid groups (broad SMARTS) is 1. The van der Waals surface area contributed by atoms with E-state index in [-0.39, 0.29) is 5.91 Å². The van der Waals surface area contributed by atoms with Crippen LogP contribution in [0.15, 0.2) is 42.5 Å². The first-order valence-electron chi connectivity index (χ1n) is 12.2. The summed E-state index contributed by atoms with van der Waals surface area (Å²) in [5, 5.41) is 14.5. The average Bonchev–Trinajstić information content (AvgIpc) is 3.15. The lowest BCUT2D eigenvalue weighted by Crippen LogP contribution is -2.51. The largest absolute Gasteiger partial charge is 0.481 e. The molecular weight excluding hydrogens is 448 g/mol. The standard InChI is InChI=1S/C26H29ClN2O3.C2H6/c1-4-6-19(25(31)32)17-7-9-18(10-8-17)26(13-5-14-26)28-24(30)23-15-20-16(2)21(27)11-12-22(20)29(23)3;1-2/h7-12,15,19H,4-6,13-14H2,1-3H3,(H,28,30)(H,31,32);1-2H3. The van der Waals surface area contributed by atoms with Gasteiger partial charge in [-0.3, -0.25) is 9.59 Å². The first kappa shape index (κ1) is 25.8. The number of halogens is 1. The number of carbonyl (C=O) groups is 2. The molecule has 0 bridgehead atoms. The van der Waals surface area contributed by atoms with Crippen molar-refractivity contribution >= 4 is 34.4 Å². The number of fused-ring (bicyclic) bond motifs is 1. The lowest BCUT2D eigenvalue weighted by atomic mass is 9.71. The maximum Gasteiger partial charge on any atom is 0.310 e. The third-order valence-corrected chi connectivity index (χ3v) is 7.37. The topological polar surface area (TPSA) is 71.3 Å². The van der Waals surface area contributed by atoms with Gasteiger partial charge in [0, 0.05) is 23.0 Å². The Morgan fingerprint density at radius 3 is 2.32 bits per heavy atom. The van der Waals surface area contributed by atoms with E-state index in [0.717, 1.165) is 53.3 Å². The zero-order valence-corrected chi connectivity index (χ0v) is 21.5. The highest BCUT2D eigenvalue weighted by Gasteiger charge is 2.40. The quantitative estimate of drug-likeness (QED) is 0.383. The van der Waals surface area contributed by atoms with E-state index in [9.17, 15) is 14.7 Å². The zero-order chi connectivity index (χ0) is 25.0. The molecule has 3 aromatic rings. The fourth-order valence-electron chi connectivity index (χ4n) is 4.80. The highest BCUT2D eigenvalue weighted by Crippen LogP contribution is 2.42. The SMILES string of the molecule is CC.CCCC(C(=O)O)c1ccc(C2(NC(=O)c3cc4c(C)c(Cl)ccc4n3C)CCC2)cc1. The van der Waals surface area contributed by atoms with Crippen LogP contribution in [0.25, 0.3) is 10.9 Å². The predicted octanol–water partition coefficient (Wildman–Crippen LogP) is 6.94. The minimum Gasteiger partial charge on any atom is -0.481 e. The Labute approximate surface area is 207 Å². The Morgan fingerprint density at radius 1 is 1.15 bits per heavy atom. The normalized spacial score (nSPS) is 15.1. The van der Waals surface area contributed by atoms with Crippen LogP contribution in [0.1, 0.15) is 86.0 Å². The van der Waals surface area contributed by atoms with Crippen LogP contribution in [-0.4, -0.2) is 21.6 Å². The molecule has 2 N–H and O–H groups in total. The highest BCUT2D eigenvalue weighted by molar-refractivity contribution is 6.32. The van der Waals surface area contributed by atoms with Crippen LogP contribution >= 0.6 is 11.6 Å². The van der Waals surface area contributed by atoms with Crippen molar-refractivity contribution in [2.75, 3.05) is 0 Å². The Kier molecular flexibility index (Phi) is 8.09. The molecule has 0 saturated heterocycles. The van der Waals surface area contributed by atoms with E-state index in [2.05, 4.69) is 5.32 Å². The van der Waals surface area contributed by atoms with Crippen LogP contribution in [0.4, 0.5) is 0 Å². The third-order valence-electron chi connectivity index (χ3n) is 6.96. The van der Waals surface area contributed by atoms with Gasteiger partial charge in [0.2, 0.25) is 0 Å². The van der Waals surface area contributed by atoms with Crippen LogP contribution in [0.5, 0.6) is 0 Å². The molecule has 1 unspecified atom stereocenters. The Hall–Kier alpha value is -2.79. The lowest BCUT2D eigenvalue weighted by molar-refractivity contribution is -0.139. The molecule has 1 saturated carbocycles. The number of aliphatic carboxylic acids is 1. The second-order valence-corrected chi connectivity index (χ2v) is 9.29. The molecule has 34 heavy (non-hydrogen) atoms. The number of carboxylic acids is 1. The monoisotopic (exact) mass is 482 g/mol. The summed E-state index contributed by atoms with van der Waals surface area (Å²) < 4.78 is 1.91. The third kappa shape index (κ3) is 4.72. The zero-order valence-electron chi connectivity index (χ0n) is 20.7. The molecule has 0 radical (unpaired) electrons. The van der Waals surface area contributed by atoms with Crippen LogP contribution in [-0.2, 0) is 17.4 Å². The molecular formula is C28H35ClN2O3. The van der Waals surface area contributed by atoms with Gasteiger partial charge in [-0.05, 0) is 67.5 Å². The molecule has 1 atom stereocenters. The van der Waals surface area contributed by atoms with E-state index in [1.54, 1.807) is 0 Å². The van der Waals surface area contributed by atoms with E-state index in [1.165, 1.54) is 0 Å². The first-order valence-corrected chi connectivity index (χ1v) is 12.6. The molecule has 0 spiro atoms. The maximum atomic E-state index is 13.3. The summed E-state index contributed by atoms with van der Waals surface area (Å²) in [5.41, 5.74) is 3.96. The lowest BCUT2D eigenvalue weighted by Gasteiger charge is -2.43. The molecule has 2 aromatic carbocycles. The van der Waals surface area contributed by atoms with Crippen LogP contribution in [0, 0.1) is 6.92 Å². The molecule has 1 aliphatic rings. The van der Waals surface area contributed by atoms with Crippen molar-refractivity contribution in [3.63, 3.8) is 0 Å². The second-order valence-electron chi connectivity index (χ2n) is 8.89. The molecule has 4 rings (SSSR count). The van der Waals surface area contributed by atoms with Gasteiger partial charge in [-0.25, -0.2) is 0 Å². The second kappa shape index (κ2) is 10.6. The minimum absolute atomic E-state index is 0.114. The summed E-state index contributed by atoms with van der Waals surface area (Å²) >= 11 is 6.27. The fraction of sp³-hybridized carbons (Fsp3) is 0.429. The molecule has 1 amide bonds. The van der Waals surface area contributed by atoms with Gasteiger partial charge in [0.1, 0.15) is 5.69 Å². The summed E-state index contributed by atoms with van der Waals surface area (Å²) in [6.45, 7) is 7.95. The van der Waals surface area contributed by atoms with E-state index in [4.69, 9.17) is 11.6 Å². The van der Waals surface area contributed by atoms with Gasteiger partial charge in [0.15, 0.2) is 0 Å². The van der Waals surface area contributed by atoms with E-state index in [1.807, 2.05) is 81.8 Å². The van der Waals surface area contributed by atoms with E-state index in [0.29, 0.717) is 17.1 Å². The number of hydrogen-bond donors (Lipinski definition) is 2. The number of amides is 1. The van der Waals surface area contributed by atoms with Crippen molar-refractivity contribution in [2.24, 2.45) is 7.05 Å². The summed E-state index contributed by atoms with van der Waals surface area (Å²) in [5.74, 6) is -1.40. The van der Waals surface area contributed by atoms with Crippen molar-refractivity contribution in [3.05, 3.63) is 69.9 Å². The Bertz CT molecular complexity index is 1180. The number of rotatable bonds is 7. The van der Waals surface area contributed by atoms with Gasteiger partial charge in [-0.2, -0.15) is 0 Å². The van der Waals surface area contributed by atoms with Crippen LogP contribution in [0.3, 0.4) is 0 Å². The molecule has 0 aliphatic heterocycles. The summed E-state index contributed by atoms with van der Waals surface area (Å²) in [4.78, 5) is 24.9. The van der Waals surface area contributed by atoms with Crippen molar-refractivity contribution in [1.82, 2.24) is 9.88 Å². The van der Waals surface area contributed by atoms with E-state index < -0.39 is 17.4 Å². The van der Waals surface area contributed by atoms with Gasteiger partial charge in [-0.15, -0.1) is 0 Å². The number of carbonyl (C=O) groups excluding carboxylic acids is 1. The first-order chi connectivity index (χ1) is 16.3. The molecule has 182 valence electrons. The summed E-state index contributed by atoms with van der Waals surface area (Å²) in [6, 6.07) is 13.5. The summed E-state index contributed by atoms with van der Waals surface area (Å²) in [7, 11) is 1.90. The molecule has 1 aromatic heterocycles. The highest BCUT2D eigenvalue weighted by atomic mass is 35.5. The number of hydrogen-bond acceptors (Lipinski definition) is 2. The van der Waals surface area contributed by atoms with Crippen molar-refractivity contribution in [2.45, 2.75) is 71.3 Å². The van der Waals surface area contributed by atoms with Gasteiger partial charge in [0.05, 0.1) is 11.5 Å². The number of aromatic nitrogens is 1. The predicted molar refractivity (Wildman–Crippen MR) is 139 cm³/mol. The fourth-order valence-corrected chi connectivity index (χ4v) is 4.96. The van der Waals surface area contributed by atoms with E-state index >= 15 is 0 Å². The smallest absolute Gasteiger partial charge is 0.310 e. The minimum atomic E-state index is -0.794. The molecule has 1 heterocycles. The van der Waals surface area contributed by atoms with Crippen molar-refractivity contribution in [3.8, 4) is 0 Å². The Balaban J connectivity index is 0.00000158. The number of benzene rings is 2. The number of aryl methyl sites for hydroxylation is 2. The molecule has 5 nitrogen and oxygen atoms in total. The van der Waals surface area contributed by atoms with Gasteiger partial charge < -0.3 is 15.0 Å². The maximum absolute atomic E-state index is 13.3. The average molecular weight is 483 g/mol. The number of nitrogens with zero attached hydrogens (tertiary/aromatic N) is 1. The Morgan fingerprint density at radius 2 is 1.79 bits per heavy atom. The molecule has 1 aliphatic carbocycles. The van der Waals surface area contributed by atoms with Crippen molar-refractivity contribution in [1.29, 1.82) is 0 Å². The van der Waals surface area contributed by atoms with Crippen LogP contribution in [0.2, 0.25) is 5.02 Å². The van der Waals surface area contributed by atoms with Gasteiger partial charge in [-0.1, -0.05) is 63.1 Å². The van der Waals surface area contributed by atoms with Crippen molar-refractivity contribution < 1.29 is 14.7 Å². The molecule has 1 fully saturated rings. The van der Waals surface area contributed by atoms with Crippen LogP contribution < -0.4 is 5.32 Å². The number of nitrogens with one attached hydrogen (secondary N) is 1. The van der Waals surface area contributed by atoms with Gasteiger partial charge in [0.25, 0.3) is 5.91 Å². The summed E-state index contributed by atoms with van der Waals surface area (Å²) in [6.07, 6.45) is 4.20.